The summed E-state index contributed by atoms with van der Waals surface area (Å²) in [7, 11) is -3.77. The van der Waals surface area contributed by atoms with Gasteiger partial charge in [-0.15, -0.1) is 0 Å². The van der Waals surface area contributed by atoms with E-state index in [4.69, 9.17) is 11.6 Å². The van der Waals surface area contributed by atoms with Crippen LogP contribution in [0.25, 0.3) is 0 Å². The molecule has 3 rings (SSSR count). The lowest BCUT2D eigenvalue weighted by Gasteiger charge is -2.15. The average Bonchev–Trinajstić information content (AvgIpc) is 2.75. The van der Waals surface area contributed by atoms with Crippen molar-refractivity contribution in [2.45, 2.75) is 31.6 Å². The van der Waals surface area contributed by atoms with E-state index in [2.05, 4.69) is 10.0 Å². The number of carbonyl (C=O) groups is 1. The van der Waals surface area contributed by atoms with Crippen molar-refractivity contribution in [3.63, 3.8) is 0 Å². The number of amides is 1. The Morgan fingerprint density at radius 3 is 2.10 bits per heavy atom. The predicted octanol–water partition coefficient (Wildman–Crippen LogP) is 5.52. The van der Waals surface area contributed by atoms with Crippen molar-refractivity contribution in [1.82, 2.24) is 0 Å². The Labute approximate surface area is 182 Å². The highest BCUT2D eigenvalue weighted by atomic mass is 35.5. The lowest BCUT2D eigenvalue weighted by molar-refractivity contribution is 0.102. The van der Waals surface area contributed by atoms with Crippen molar-refractivity contribution in [3.05, 3.63) is 88.4 Å². The third kappa shape index (κ3) is 4.83. The van der Waals surface area contributed by atoms with Gasteiger partial charge in [-0.05, 0) is 54.3 Å². The lowest BCUT2D eigenvalue weighted by Crippen LogP contribution is -2.16. The Morgan fingerprint density at radius 2 is 1.53 bits per heavy atom. The normalized spacial score (nSPS) is 11.2. The third-order valence-corrected chi connectivity index (χ3v) is 6.46. The fourth-order valence-corrected chi connectivity index (χ4v) is 4.52. The Bertz CT molecular complexity index is 1140. The van der Waals surface area contributed by atoms with E-state index in [9.17, 15) is 13.2 Å². The fourth-order valence-electron chi connectivity index (χ4n) is 3.13. The van der Waals surface area contributed by atoms with Crippen LogP contribution in [0.4, 0.5) is 11.4 Å². The van der Waals surface area contributed by atoms with E-state index in [0.717, 1.165) is 29.7 Å². The zero-order valence-electron chi connectivity index (χ0n) is 16.8. The molecule has 0 aliphatic carbocycles. The molecule has 3 aromatic carbocycles. The molecule has 0 fully saturated rings. The first kappa shape index (κ1) is 21.9. The summed E-state index contributed by atoms with van der Waals surface area (Å²) in [6, 6.07) is 18.5. The predicted molar refractivity (Wildman–Crippen MR) is 122 cm³/mol. The van der Waals surface area contributed by atoms with Crippen LogP contribution in [0.1, 0.15) is 35.3 Å². The van der Waals surface area contributed by atoms with Crippen LogP contribution in [0.15, 0.2) is 71.6 Å². The first-order chi connectivity index (χ1) is 14.4. The third-order valence-electron chi connectivity index (χ3n) is 4.77. The van der Waals surface area contributed by atoms with Crippen molar-refractivity contribution < 1.29 is 13.2 Å². The molecule has 0 saturated carbocycles. The number of halogens is 1. The molecule has 156 valence electrons. The van der Waals surface area contributed by atoms with E-state index < -0.39 is 10.0 Å². The van der Waals surface area contributed by atoms with Crippen LogP contribution in [0.3, 0.4) is 0 Å². The maximum Gasteiger partial charge on any atom is 0.261 e. The highest BCUT2D eigenvalue weighted by molar-refractivity contribution is 7.92. The van der Waals surface area contributed by atoms with Gasteiger partial charge in [-0.3, -0.25) is 9.52 Å². The van der Waals surface area contributed by atoms with E-state index in [1.807, 2.05) is 32.0 Å². The summed E-state index contributed by atoms with van der Waals surface area (Å²) in [5.41, 5.74) is 3.48. The maximum atomic E-state index is 12.8. The molecule has 0 saturated heterocycles. The van der Waals surface area contributed by atoms with Gasteiger partial charge in [0.15, 0.2) is 0 Å². The lowest BCUT2D eigenvalue weighted by atomic mass is 10.0. The van der Waals surface area contributed by atoms with Gasteiger partial charge in [-0.25, -0.2) is 8.42 Å². The van der Waals surface area contributed by atoms with Crippen LogP contribution in [0.5, 0.6) is 0 Å². The van der Waals surface area contributed by atoms with Crippen LogP contribution >= 0.6 is 11.6 Å². The van der Waals surface area contributed by atoms with E-state index >= 15 is 0 Å². The summed E-state index contributed by atoms with van der Waals surface area (Å²) in [5.74, 6) is -0.301. The second-order valence-corrected chi connectivity index (χ2v) is 8.82. The average molecular weight is 443 g/mol. The molecule has 5 nitrogen and oxygen atoms in total. The van der Waals surface area contributed by atoms with Crippen LogP contribution in [0, 0.1) is 0 Å². The first-order valence-electron chi connectivity index (χ1n) is 9.65. The molecular weight excluding hydrogens is 420 g/mol. The summed E-state index contributed by atoms with van der Waals surface area (Å²) >= 11 is 6.28. The van der Waals surface area contributed by atoms with Crippen molar-refractivity contribution in [2.24, 2.45) is 0 Å². The van der Waals surface area contributed by atoms with Crippen molar-refractivity contribution in [2.75, 3.05) is 10.0 Å². The molecule has 0 spiro atoms. The Kier molecular flexibility index (Phi) is 6.80. The van der Waals surface area contributed by atoms with Gasteiger partial charge in [0.1, 0.15) is 0 Å². The molecule has 1 amide bonds. The molecule has 7 heteroatoms. The number of carbonyl (C=O) groups excluding carboxylic acids is 1. The van der Waals surface area contributed by atoms with E-state index in [1.165, 1.54) is 24.3 Å². The second-order valence-electron chi connectivity index (χ2n) is 6.73. The summed E-state index contributed by atoms with van der Waals surface area (Å²) in [6.45, 7) is 4.07. The number of rotatable bonds is 7. The molecule has 0 aliphatic heterocycles. The minimum absolute atomic E-state index is 0.131. The molecule has 0 bridgehead atoms. The number of hydrogen-bond donors (Lipinski definition) is 2. The van der Waals surface area contributed by atoms with E-state index in [0.29, 0.717) is 5.56 Å². The van der Waals surface area contributed by atoms with Gasteiger partial charge in [0.05, 0.1) is 15.6 Å². The first-order valence-corrected chi connectivity index (χ1v) is 11.5. The van der Waals surface area contributed by atoms with Gasteiger partial charge in [-0.1, -0.05) is 61.8 Å². The number of aryl methyl sites for hydroxylation is 2. The van der Waals surface area contributed by atoms with E-state index in [-0.39, 0.29) is 21.5 Å². The molecule has 0 radical (unpaired) electrons. The number of benzene rings is 3. The van der Waals surface area contributed by atoms with Crippen LogP contribution in [0.2, 0.25) is 5.02 Å². The van der Waals surface area contributed by atoms with Crippen molar-refractivity contribution >= 4 is 38.9 Å². The summed E-state index contributed by atoms with van der Waals surface area (Å²) in [6.07, 6.45) is 1.59. The van der Waals surface area contributed by atoms with Crippen molar-refractivity contribution in [1.29, 1.82) is 0 Å². The monoisotopic (exact) mass is 442 g/mol. The standard InChI is InChI=1S/C23H23ClN2O3S/c1-3-16-9-8-10-17(4-2)22(16)25-23(27)18-13-14-21(20(24)15-18)26-30(28,29)19-11-6-5-7-12-19/h5-15,26H,3-4H2,1-2H3,(H,25,27). The van der Waals surface area contributed by atoms with Gasteiger partial charge < -0.3 is 5.32 Å². The quantitative estimate of drug-likeness (QED) is 0.506. The topological polar surface area (TPSA) is 75.3 Å². The second kappa shape index (κ2) is 9.32. The van der Waals surface area contributed by atoms with E-state index in [1.54, 1.807) is 24.3 Å². The van der Waals surface area contributed by atoms with Crippen LogP contribution < -0.4 is 10.0 Å². The molecule has 0 atom stereocenters. The van der Waals surface area contributed by atoms with Crippen LogP contribution in [-0.4, -0.2) is 14.3 Å². The minimum Gasteiger partial charge on any atom is -0.321 e. The smallest absolute Gasteiger partial charge is 0.261 e. The number of para-hydroxylation sites is 1. The summed E-state index contributed by atoms with van der Waals surface area (Å²) in [4.78, 5) is 12.9. The molecule has 3 aromatic rings. The molecule has 0 heterocycles. The molecule has 0 unspecified atom stereocenters. The maximum absolute atomic E-state index is 12.8. The van der Waals surface area contributed by atoms with Crippen molar-refractivity contribution in [3.8, 4) is 0 Å². The zero-order valence-corrected chi connectivity index (χ0v) is 18.3. The van der Waals surface area contributed by atoms with Gasteiger partial charge in [0.25, 0.3) is 15.9 Å². The molecule has 0 aliphatic rings. The molecule has 2 N–H and O–H groups in total. The summed E-state index contributed by atoms with van der Waals surface area (Å²) < 4.78 is 27.5. The number of nitrogens with one attached hydrogen (secondary N) is 2. The number of sulfonamides is 1. The largest absolute Gasteiger partial charge is 0.321 e. The van der Waals surface area contributed by atoms with Gasteiger partial charge in [0.2, 0.25) is 0 Å². The SMILES string of the molecule is CCc1cccc(CC)c1NC(=O)c1ccc(NS(=O)(=O)c2ccccc2)c(Cl)c1. The van der Waals surface area contributed by atoms with Gasteiger partial charge in [-0.2, -0.15) is 0 Å². The number of anilines is 2. The molecular formula is C23H23ClN2O3S. The Hall–Kier alpha value is -2.83. The molecule has 30 heavy (non-hydrogen) atoms. The summed E-state index contributed by atoms with van der Waals surface area (Å²) in [5, 5.41) is 3.12. The Morgan fingerprint density at radius 1 is 0.900 bits per heavy atom. The van der Waals surface area contributed by atoms with Gasteiger partial charge >= 0.3 is 0 Å². The zero-order chi connectivity index (χ0) is 21.7. The van der Waals surface area contributed by atoms with Gasteiger partial charge in [0, 0.05) is 11.3 Å². The molecule has 0 aromatic heterocycles. The van der Waals surface area contributed by atoms with Crippen LogP contribution in [-0.2, 0) is 22.9 Å². The highest BCUT2D eigenvalue weighted by Gasteiger charge is 2.17. The minimum atomic E-state index is -3.77. The highest BCUT2D eigenvalue weighted by Crippen LogP contribution is 2.27. The fraction of sp³-hybridized carbons (Fsp3) is 0.174. The number of hydrogen-bond acceptors (Lipinski definition) is 3. The Balaban J connectivity index is 1.83.